The Balaban J connectivity index is 3.50. The van der Waals surface area contributed by atoms with Crippen molar-refractivity contribution in [2.45, 2.75) is 131 Å². The first-order valence-electron chi connectivity index (χ1n) is 13.2. The summed E-state index contributed by atoms with van der Waals surface area (Å²) in [5.41, 5.74) is 0. The molecule has 0 radical (unpaired) electrons. The minimum Gasteiger partial charge on any atom is -0.393 e. The molecule has 5 unspecified atom stereocenters. The molecule has 0 saturated carbocycles. The summed E-state index contributed by atoms with van der Waals surface area (Å²) in [6.07, 6.45) is 16.3. The van der Waals surface area contributed by atoms with Crippen molar-refractivity contribution in [2.24, 2.45) is 23.7 Å². The highest BCUT2D eigenvalue weighted by Crippen LogP contribution is 2.27. The van der Waals surface area contributed by atoms with Gasteiger partial charge in [-0.25, -0.2) is 0 Å². The first-order chi connectivity index (χ1) is 14.3. The molecule has 0 rings (SSSR count). The SMILES string of the molecule is CCCCCCCCCOCOCCCC(C)CC(C)CC(C)CC(C)CC(C)O. The molecule has 0 bridgehead atoms. The van der Waals surface area contributed by atoms with Gasteiger partial charge in [0.2, 0.25) is 0 Å². The van der Waals surface area contributed by atoms with Gasteiger partial charge in [0, 0.05) is 13.2 Å². The zero-order valence-corrected chi connectivity index (χ0v) is 21.5. The zero-order valence-electron chi connectivity index (χ0n) is 21.5. The average Bonchev–Trinajstić information content (AvgIpc) is 2.64. The third-order valence-electron chi connectivity index (χ3n) is 6.20. The highest BCUT2D eigenvalue weighted by atomic mass is 16.7. The summed E-state index contributed by atoms with van der Waals surface area (Å²) >= 11 is 0. The van der Waals surface area contributed by atoms with Crippen LogP contribution in [0.15, 0.2) is 0 Å². The Morgan fingerprint density at radius 2 is 1.03 bits per heavy atom. The quantitative estimate of drug-likeness (QED) is 0.140. The van der Waals surface area contributed by atoms with Gasteiger partial charge in [0.25, 0.3) is 0 Å². The lowest BCUT2D eigenvalue weighted by atomic mass is 9.83. The predicted molar refractivity (Wildman–Crippen MR) is 131 cm³/mol. The van der Waals surface area contributed by atoms with Gasteiger partial charge in [0.1, 0.15) is 6.79 Å². The van der Waals surface area contributed by atoms with Gasteiger partial charge < -0.3 is 14.6 Å². The Morgan fingerprint density at radius 3 is 1.60 bits per heavy atom. The number of aliphatic hydroxyl groups excluding tert-OH is 1. The summed E-state index contributed by atoms with van der Waals surface area (Å²) < 4.78 is 11.2. The molecule has 0 aromatic carbocycles. The summed E-state index contributed by atoms with van der Waals surface area (Å²) in [6.45, 7) is 15.7. The molecule has 0 fully saturated rings. The molecule has 3 heteroatoms. The summed E-state index contributed by atoms with van der Waals surface area (Å²) in [7, 11) is 0. The molecule has 0 aliphatic rings. The first kappa shape index (κ1) is 29.9. The van der Waals surface area contributed by atoms with E-state index >= 15 is 0 Å². The van der Waals surface area contributed by atoms with Crippen molar-refractivity contribution in [1.29, 1.82) is 0 Å². The first-order valence-corrected chi connectivity index (χ1v) is 13.2. The molecule has 0 amide bonds. The Kier molecular flexibility index (Phi) is 20.7. The van der Waals surface area contributed by atoms with Crippen molar-refractivity contribution >= 4 is 0 Å². The topological polar surface area (TPSA) is 38.7 Å². The molecular formula is C27H56O3. The van der Waals surface area contributed by atoms with Crippen molar-refractivity contribution < 1.29 is 14.6 Å². The normalized spacial score (nSPS) is 16.9. The third-order valence-corrected chi connectivity index (χ3v) is 6.20. The minimum absolute atomic E-state index is 0.169. The molecule has 0 saturated heterocycles. The maximum atomic E-state index is 9.54. The summed E-state index contributed by atoms with van der Waals surface area (Å²) in [5.74, 6) is 2.91. The lowest BCUT2D eigenvalue weighted by Gasteiger charge is -2.23. The maximum absolute atomic E-state index is 9.54. The highest BCUT2D eigenvalue weighted by Gasteiger charge is 2.16. The van der Waals surface area contributed by atoms with Crippen LogP contribution in [0.4, 0.5) is 0 Å². The van der Waals surface area contributed by atoms with Gasteiger partial charge in [-0.1, -0.05) is 73.1 Å². The van der Waals surface area contributed by atoms with E-state index in [2.05, 4.69) is 34.6 Å². The molecule has 1 N–H and O–H groups in total. The van der Waals surface area contributed by atoms with Crippen LogP contribution < -0.4 is 0 Å². The lowest BCUT2D eigenvalue weighted by Crippen LogP contribution is -2.13. The maximum Gasteiger partial charge on any atom is 0.146 e. The van der Waals surface area contributed by atoms with Gasteiger partial charge in [-0.3, -0.25) is 0 Å². The Bertz CT molecular complexity index is 345. The zero-order chi connectivity index (χ0) is 22.6. The smallest absolute Gasteiger partial charge is 0.146 e. The molecule has 0 aromatic heterocycles. The highest BCUT2D eigenvalue weighted by molar-refractivity contribution is 4.67. The molecule has 3 nitrogen and oxygen atoms in total. The molecule has 0 aliphatic heterocycles. The number of ether oxygens (including phenoxy) is 2. The monoisotopic (exact) mass is 428 g/mol. The fraction of sp³-hybridized carbons (Fsp3) is 1.00. The van der Waals surface area contributed by atoms with Crippen LogP contribution in [0.5, 0.6) is 0 Å². The molecule has 182 valence electrons. The second kappa shape index (κ2) is 20.8. The van der Waals surface area contributed by atoms with Gasteiger partial charge in [-0.2, -0.15) is 0 Å². The van der Waals surface area contributed by atoms with Crippen LogP contribution in [-0.2, 0) is 9.47 Å². The Labute approximate surface area is 189 Å². The van der Waals surface area contributed by atoms with Crippen LogP contribution in [0, 0.1) is 23.7 Å². The Morgan fingerprint density at radius 1 is 0.567 bits per heavy atom. The van der Waals surface area contributed by atoms with Gasteiger partial charge in [0.05, 0.1) is 6.10 Å². The van der Waals surface area contributed by atoms with E-state index in [9.17, 15) is 5.11 Å². The average molecular weight is 429 g/mol. The van der Waals surface area contributed by atoms with Crippen molar-refractivity contribution in [3.8, 4) is 0 Å². The van der Waals surface area contributed by atoms with Crippen LogP contribution in [0.1, 0.15) is 125 Å². The standard InChI is InChI=1S/C27H56O3/c1-7-8-9-10-11-12-13-16-29-22-30-17-14-15-23(2)18-24(3)19-25(4)20-26(5)21-27(6)28/h23-28H,7-22H2,1-6H3. The molecular weight excluding hydrogens is 372 g/mol. The summed E-state index contributed by atoms with van der Waals surface area (Å²) in [4.78, 5) is 0. The molecule has 5 atom stereocenters. The summed E-state index contributed by atoms with van der Waals surface area (Å²) in [5, 5.41) is 9.54. The van der Waals surface area contributed by atoms with E-state index in [1.807, 2.05) is 6.92 Å². The molecule has 0 aromatic rings. The van der Waals surface area contributed by atoms with E-state index in [-0.39, 0.29) is 6.10 Å². The van der Waals surface area contributed by atoms with E-state index in [1.54, 1.807) is 0 Å². The second-order valence-corrected chi connectivity index (χ2v) is 10.4. The van der Waals surface area contributed by atoms with E-state index in [0.29, 0.717) is 12.7 Å². The van der Waals surface area contributed by atoms with Gasteiger partial charge in [-0.05, 0) is 75.5 Å². The van der Waals surface area contributed by atoms with Crippen molar-refractivity contribution in [3.63, 3.8) is 0 Å². The van der Waals surface area contributed by atoms with Crippen molar-refractivity contribution in [1.82, 2.24) is 0 Å². The molecule has 0 spiro atoms. The van der Waals surface area contributed by atoms with Gasteiger partial charge in [-0.15, -0.1) is 0 Å². The van der Waals surface area contributed by atoms with E-state index in [4.69, 9.17) is 9.47 Å². The molecule has 0 heterocycles. The van der Waals surface area contributed by atoms with Gasteiger partial charge in [0.15, 0.2) is 0 Å². The number of hydrogen-bond donors (Lipinski definition) is 1. The lowest BCUT2D eigenvalue weighted by molar-refractivity contribution is -0.0561. The van der Waals surface area contributed by atoms with Crippen LogP contribution in [0.25, 0.3) is 0 Å². The molecule has 0 aliphatic carbocycles. The number of unbranched alkanes of at least 4 members (excludes halogenated alkanes) is 6. The van der Waals surface area contributed by atoms with E-state index in [0.717, 1.165) is 43.8 Å². The number of aliphatic hydroxyl groups is 1. The van der Waals surface area contributed by atoms with Crippen LogP contribution in [-0.4, -0.2) is 31.2 Å². The predicted octanol–water partition coefficient (Wildman–Crippen LogP) is 7.99. The van der Waals surface area contributed by atoms with Crippen molar-refractivity contribution in [2.75, 3.05) is 20.0 Å². The van der Waals surface area contributed by atoms with Crippen LogP contribution in [0.2, 0.25) is 0 Å². The molecule has 30 heavy (non-hydrogen) atoms. The van der Waals surface area contributed by atoms with E-state index in [1.165, 1.54) is 70.6 Å². The fourth-order valence-corrected chi connectivity index (χ4v) is 4.92. The fourth-order valence-electron chi connectivity index (χ4n) is 4.92. The van der Waals surface area contributed by atoms with Crippen LogP contribution >= 0.6 is 0 Å². The van der Waals surface area contributed by atoms with Crippen LogP contribution in [0.3, 0.4) is 0 Å². The second-order valence-electron chi connectivity index (χ2n) is 10.4. The minimum atomic E-state index is -0.169. The third kappa shape index (κ3) is 21.1. The van der Waals surface area contributed by atoms with E-state index < -0.39 is 0 Å². The summed E-state index contributed by atoms with van der Waals surface area (Å²) in [6, 6.07) is 0. The largest absolute Gasteiger partial charge is 0.393 e. The number of hydrogen-bond acceptors (Lipinski definition) is 3. The number of rotatable bonds is 22. The van der Waals surface area contributed by atoms with Gasteiger partial charge >= 0.3 is 0 Å². The van der Waals surface area contributed by atoms with Crippen molar-refractivity contribution in [3.05, 3.63) is 0 Å². The Hall–Kier alpha value is -0.120.